The van der Waals surface area contributed by atoms with E-state index in [-0.39, 0.29) is 17.8 Å². The molecule has 124 valence electrons. The van der Waals surface area contributed by atoms with Gasteiger partial charge < -0.3 is 25.6 Å². The Morgan fingerprint density at radius 2 is 1.75 bits per heavy atom. The van der Waals surface area contributed by atoms with Crippen LogP contribution in [0, 0.1) is 0 Å². The lowest BCUT2D eigenvalue weighted by atomic mass is 10.2. The number of carbonyl (C=O) groups is 3. The lowest BCUT2D eigenvalue weighted by molar-refractivity contribution is -0.115. The third-order valence-corrected chi connectivity index (χ3v) is 2.86. The van der Waals surface area contributed by atoms with Crippen LogP contribution in [0.1, 0.15) is 10.4 Å². The van der Waals surface area contributed by atoms with Crippen molar-refractivity contribution in [3.8, 4) is 11.5 Å². The molecule has 2 aromatic rings. The Balaban J connectivity index is 1.84. The summed E-state index contributed by atoms with van der Waals surface area (Å²) in [6.45, 7) is -0.354. The Morgan fingerprint density at radius 3 is 2.38 bits per heavy atom. The maximum atomic E-state index is 11.7. The van der Waals surface area contributed by atoms with Crippen molar-refractivity contribution in [3.05, 3.63) is 54.1 Å². The lowest BCUT2D eigenvalue weighted by Crippen LogP contribution is -2.34. The van der Waals surface area contributed by atoms with Gasteiger partial charge in [0.15, 0.2) is 0 Å². The molecule has 0 atom stereocenters. The number of hydrogen-bond acceptors (Lipinski definition) is 5. The van der Waals surface area contributed by atoms with Crippen molar-refractivity contribution in [2.75, 3.05) is 11.9 Å². The number of hydrogen-bond donors (Lipinski definition) is 4. The summed E-state index contributed by atoms with van der Waals surface area (Å²) in [6.07, 6.45) is -0.791. The van der Waals surface area contributed by atoms with Crippen LogP contribution in [0.25, 0.3) is 0 Å². The number of anilines is 1. The Kier molecular flexibility index (Phi) is 5.35. The fourth-order valence-corrected chi connectivity index (χ4v) is 1.78. The van der Waals surface area contributed by atoms with Crippen LogP contribution < -0.4 is 15.4 Å². The normalized spacial score (nSPS) is 9.83. The van der Waals surface area contributed by atoms with Crippen molar-refractivity contribution in [1.29, 1.82) is 0 Å². The molecule has 2 amide bonds. The molecule has 24 heavy (non-hydrogen) atoms. The molecule has 2 aromatic carbocycles. The molecule has 0 aliphatic rings. The van der Waals surface area contributed by atoms with E-state index in [0.29, 0.717) is 5.75 Å². The quantitative estimate of drug-likeness (QED) is 0.663. The van der Waals surface area contributed by atoms with Crippen LogP contribution in [0.4, 0.5) is 10.5 Å². The van der Waals surface area contributed by atoms with Crippen molar-refractivity contribution in [2.24, 2.45) is 0 Å². The smallest absolute Gasteiger partial charge is 0.413 e. The Hall–Kier alpha value is -3.55. The Bertz CT molecular complexity index is 760. The molecule has 8 nitrogen and oxygen atoms in total. The van der Waals surface area contributed by atoms with Gasteiger partial charge in [0, 0.05) is 11.8 Å². The third-order valence-electron chi connectivity index (χ3n) is 2.86. The number of phenols is 1. The second-order valence-electron chi connectivity index (χ2n) is 4.64. The molecule has 0 aliphatic heterocycles. The monoisotopic (exact) mass is 330 g/mol. The van der Waals surface area contributed by atoms with Gasteiger partial charge in [0.2, 0.25) is 5.91 Å². The summed E-state index contributed by atoms with van der Waals surface area (Å²) < 4.78 is 4.94. The number of rotatable bonds is 5. The van der Waals surface area contributed by atoms with E-state index in [4.69, 9.17) is 9.84 Å². The van der Waals surface area contributed by atoms with Gasteiger partial charge in [-0.25, -0.2) is 9.59 Å². The largest absolute Gasteiger partial charge is 0.507 e. The number of nitrogens with one attached hydrogen (secondary N) is 2. The fourth-order valence-electron chi connectivity index (χ4n) is 1.78. The van der Waals surface area contributed by atoms with E-state index in [1.165, 1.54) is 6.07 Å². The zero-order chi connectivity index (χ0) is 17.5. The number of aromatic carboxylic acids is 1. The second kappa shape index (κ2) is 7.63. The highest BCUT2D eigenvalue weighted by Crippen LogP contribution is 2.21. The highest BCUT2D eigenvalue weighted by atomic mass is 16.6. The van der Waals surface area contributed by atoms with E-state index in [1.54, 1.807) is 30.3 Å². The molecule has 0 heterocycles. The fraction of sp³-hybridized carbons (Fsp3) is 0.0625. The number of carbonyl (C=O) groups excluding carboxylic acids is 2. The zero-order valence-electron chi connectivity index (χ0n) is 12.4. The summed E-state index contributed by atoms with van der Waals surface area (Å²) in [5.41, 5.74) is -0.0849. The number of ether oxygens (including phenoxy) is 1. The van der Waals surface area contributed by atoms with Crippen LogP contribution in [-0.4, -0.2) is 34.7 Å². The van der Waals surface area contributed by atoms with Crippen molar-refractivity contribution in [1.82, 2.24) is 5.32 Å². The number of carboxylic acid groups (broad SMARTS) is 1. The molecule has 0 spiro atoms. The maximum Gasteiger partial charge on any atom is 0.413 e. The number of carboxylic acids is 1. The number of benzene rings is 2. The topological polar surface area (TPSA) is 125 Å². The van der Waals surface area contributed by atoms with Gasteiger partial charge in [0.05, 0.1) is 0 Å². The first-order valence-corrected chi connectivity index (χ1v) is 6.82. The first-order valence-electron chi connectivity index (χ1n) is 6.82. The lowest BCUT2D eigenvalue weighted by Gasteiger charge is -2.08. The van der Waals surface area contributed by atoms with E-state index in [9.17, 15) is 19.5 Å². The molecule has 8 heteroatoms. The molecule has 4 N–H and O–H groups in total. The minimum Gasteiger partial charge on any atom is -0.507 e. The van der Waals surface area contributed by atoms with Gasteiger partial charge in [0.1, 0.15) is 23.6 Å². The van der Waals surface area contributed by atoms with Gasteiger partial charge in [0.25, 0.3) is 0 Å². The Morgan fingerprint density at radius 1 is 1.04 bits per heavy atom. The molecule has 0 bridgehead atoms. The number of para-hydroxylation sites is 1. The van der Waals surface area contributed by atoms with Crippen molar-refractivity contribution in [2.45, 2.75) is 0 Å². The molecule has 0 aromatic heterocycles. The molecule has 0 saturated carbocycles. The van der Waals surface area contributed by atoms with Crippen LogP contribution >= 0.6 is 0 Å². The molecule has 0 unspecified atom stereocenters. The standard InChI is InChI=1S/C16H14N2O6/c19-13-8-10(6-7-12(13)15(21)22)18-14(20)9-17-16(23)24-11-4-2-1-3-5-11/h1-8,19H,9H2,(H,17,23)(H,18,20)(H,21,22). The average Bonchev–Trinajstić information content (AvgIpc) is 2.53. The molecular formula is C16H14N2O6. The molecule has 0 aliphatic carbocycles. The van der Waals surface area contributed by atoms with Gasteiger partial charge >= 0.3 is 12.1 Å². The molecule has 0 fully saturated rings. The Labute approximate surface area is 136 Å². The molecule has 0 saturated heterocycles. The summed E-state index contributed by atoms with van der Waals surface area (Å²) in [4.78, 5) is 34.0. The van der Waals surface area contributed by atoms with Crippen LogP contribution in [0.15, 0.2) is 48.5 Å². The first-order chi connectivity index (χ1) is 11.5. The highest BCUT2D eigenvalue weighted by molar-refractivity contribution is 5.96. The van der Waals surface area contributed by atoms with Crippen LogP contribution in [0.5, 0.6) is 11.5 Å². The van der Waals surface area contributed by atoms with Crippen LogP contribution in [0.2, 0.25) is 0 Å². The SMILES string of the molecule is O=C(CNC(=O)Oc1ccccc1)Nc1ccc(C(=O)O)c(O)c1. The van der Waals surface area contributed by atoms with Crippen molar-refractivity contribution in [3.63, 3.8) is 0 Å². The number of aromatic hydroxyl groups is 1. The van der Waals surface area contributed by atoms with Gasteiger partial charge in [-0.3, -0.25) is 4.79 Å². The summed E-state index contributed by atoms with van der Waals surface area (Å²) in [7, 11) is 0. The zero-order valence-corrected chi connectivity index (χ0v) is 12.4. The van der Waals surface area contributed by atoms with Gasteiger partial charge in [-0.05, 0) is 24.3 Å². The maximum absolute atomic E-state index is 11.7. The van der Waals surface area contributed by atoms with Gasteiger partial charge in [-0.1, -0.05) is 18.2 Å². The van der Waals surface area contributed by atoms with Gasteiger partial charge in [-0.2, -0.15) is 0 Å². The van der Waals surface area contributed by atoms with E-state index < -0.39 is 23.7 Å². The molecular weight excluding hydrogens is 316 g/mol. The van der Waals surface area contributed by atoms with Gasteiger partial charge in [-0.15, -0.1) is 0 Å². The predicted octanol–water partition coefficient (Wildman–Crippen LogP) is 1.82. The molecule has 2 rings (SSSR count). The summed E-state index contributed by atoms with van der Waals surface area (Å²) in [5.74, 6) is -1.99. The van der Waals surface area contributed by atoms with Crippen molar-refractivity contribution < 1.29 is 29.3 Å². The van der Waals surface area contributed by atoms with E-state index in [1.807, 2.05) is 0 Å². The third kappa shape index (κ3) is 4.73. The highest BCUT2D eigenvalue weighted by Gasteiger charge is 2.12. The predicted molar refractivity (Wildman–Crippen MR) is 84.2 cm³/mol. The minimum atomic E-state index is -1.28. The van der Waals surface area contributed by atoms with E-state index in [2.05, 4.69) is 10.6 Å². The van der Waals surface area contributed by atoms with Crippen LogP contribution in [-0.2, 0) is 4.79 Å². The van der Waals surface area contributed by atoms with E-state index in [0.717, 1.165) is 12.1 Å². The van der Waals surface area contributed by atoms with Crippen molar-refractivity contribution >= 4 is 23.7 Å². The molecule has 0 radical (unpaired) electrons. The summed E-state index contributed by atoms with van der Waals surface area (Å²) in [5, 5.41) is 23.0. The second-order valence-corrected chi connectivity index (χ2v) is 4.64. The summed E-state index contributed by atoms with van der Waals surface area (Å²) in [6, 6.07) is 11.9. The van der Waals surface area contributed by atoms with Crippen LogP contribution in [0.3, 0.4) is 0 Å². The minimum absolute atomic E-state index is 0.195. The van der Waals surface area contributed by atoms with E-state index >= 15 is 0 Å². The first kappa shape index (κ1) is 16.8. The average molecular weight is 330 g/mol. The summed E-state index contributed by atoms with van der Waals surface area (Å²) >= 11 is 0. The number of amides is 2.